The van der Waals surface area contributed by atoms with E-state index in [1.54, 1.807) is 17.8 Å². The van der Waals surface area contributed by atoms with Gasteiger partial charge in [-0.25, -0.2) is 4.79 Å². The Bertz CT molecular complexity index is 1050. The highest BCUT2D eigenvalue weighted by Gasteiger charge is 2.30. The van der Waals surface area contributed by atoms with E-state index in [1.165, 1.54) is 12.1 Å². The van der Waals surface area contributed by atoms with Crippen molar-refractivity contribution in [1.29, 1.82) is 0 Å². The van der Waals surface area contributed by atoms with Crippen LogP contribution in [0.4, 0.5) is 13.2 Å². The number of benzene rings is 3. The van der Waals surface area contributed by atoms with Crippen molar-refractivity contribution in [3.05, 3.63) is 95.1 Å². The highest BCUT2D eigenvalue weighted by molar-refractivity contribution is 7.99. The molecule has 0 fully saturated rings. The minimum absolute atomic E-state index is 0.377. The van der Waals surface area contributed by atoms with Crippen LogP contribution in [0.5, 0.6) is 5.75 Å². The van der Waals surface area contributed by atoms with Crippen LogP contribution in [0.2, 0.25) is 0 Å². The number of hydrogen-bond acceptors (Lipinski definition) is 4. The molecule has 0 saturated carbocycles. The van der Waals surface area contributed by atoms with E-state index in [4.69, 9.17) is 14.6 Å². The van der Waals surface area contributed by atoms with Gasteiger partial charge in [0.2, 0.25) is 0 Å². The smallest absolute Gasteiger partial charge is 0.416 e. The minimum Gasteiger partial charge on any atom is -0.482 e. The maximum absolute atomic E-state index is 12.9. The summed E-state index contributed by atoms with van der Waals surface area (Å²) in [5.74, 6) is 0.106. The summed E-state index contributed by atoms with van der Waals surface area (Å²) in [5, 5.41) is 8.73. The van der Waals surface area contributed by atoms with Gasteiger partial charge in [-0.05, 0) is 53.9 Å². The lowest BCUT2D eigenvalue weighted by atomic mass is 10.00. The van der Waals surface area contributed by atoms with Gasteiger partial charge in [-0.1, -0.05) is 42.5 Å². The van der Waals surface area contributed by atoms with Gasteiger partial charge in [0.25, 0.3) is 0 Å². The normalized spacial score (nSPS) is 12.4. The van der Waals surface area contributed by atoms with E-state index in [1.807, 2.05) is 49.4 Å². The first kappa shape index (κ1) is 24.7. The Morgan fingerprint density at radius 2 is 1.67 bits per heavy atom. The number of ether oxygens (including phenoxy) is 2. The Hall–Kier alpha value is -2.97. The average molecular weight is 477 g/mol. The summed E-state index contributed by atoms with van der Waals surface area (Å²) < 4.78 is 50.1. The number of carboxylic acids is 1. The Kier molecular flexibility index (Phi) is 8.41. The van der Waals surface area contributed by atoms with Gasteiger partial charge >= 0.3 is 12.1 Å². The van der Waals surface area contributed by atoms with Crippen LogP contribution >= 0.6 is 11.8 Å². The molecule has 0 bridgehead atoms. The summed E-state index contributed by atoms with van der Waals surface area (Å²) in [6.45, 7) is 1.82. The molecule has 33 heavy (non-hydrogen) atoms. The van der Waals surface area contributed by atoms with Gasteiger partial charge in [0.05, 0.1) is 12.2 Å². The maximum atomic E-state index is 12.9. The third-order valence-electron chi connectivity index (χ3n) is 4.78. The number of thioether (sulfide) groups is 1. The molecule has 1 unspecified atom stereocenters. The lowest BCUT2D eigenvalue weighted by Gasteiger charge is -2.20. The number of aliphatic carboxylic acids is 1. The molecule has 0 saturated heterocycles. The first-order valence-electron chi connectivity index (χ1n) is 10.2. The lowest BCUT2D eigenvalue weighted by Crippen LogP contribution is -2.10. The molecule has 0 aliphatic rings. The molecule has 8 heteroatoms. The zero-order valence-electron chi connectivity index (χ0n) is 17.8. The standard InChI is InChI=1S/C25H23F3O4S/c1-17-15-21(11-12-22(17)32-16-23(29)30)33-14-13-31-24(18-5-3-2-4-6-18)19-7-9-20(10-8-19)25(26,27)28/h2-12,15,24H,13-14,16H2,1H3,(H,29,30). The van der Waals surface area contributed by atoms with Gasteiger partial charge in [-0.2, -0.15) is 13.2 Å². The van der Waals surface area contributed by atoms with Gasteiger partial charge in [0.1, 0.15) is 11.9 Å². The topological polar surface area (TPSA) is 55.8 Å². The number of halogens is 3. The Morgan fingerprint density at radius 3 is 2.27 bits per heavy atom. The van der Waals surface area contributed by atoms with Crippen LogP contribution in [0, 0.1) is 6.92 Å². The Balaban J connectivity index is 1.62. The fourth-order valence-electron chi connectivity index (χ4n) is 3.20. The second-order valence-corrected chi connectivity index (χ2v) is 8.41. The Morgan fingerprint density at radius 1 is 1.00 bits per heavy atom. The predicted octanol–water partition coefficient (Wildman–Crippen LogP) is 6.38. The van der Waals surface area contributed by atoms with Crippen molar-refractivity contribution in [2.75, 3.05) is 19.0 Å². The van der Waals surface area contributed by atoms with Crippen molar-refractivity contribution < 1.29 is 32.5 Å². The summed E-state index contributed by atoms with van der Waals surface area (Å²) in [7, 11) is 0. The second kappa shape index (κ2) is 11.2. The van der Waals surface area contributed by atoms with Crippen LogP contribution in [0.25, 0.3) is 0 Å². The van der Waals surface area contributed by atoms with E-state index in [9.17, 15) is 18.0 Å². The van der Waals surface area contributed by atoms with E-state index >= 15 is 0 Å². The summed E-state index contributed by atoms with van der Waals surface area (Å²) >= 11 is 1.56. The number of hydrogen-bond donors (Lipinski definition) is 1. The first-order valence-corrected chi connectivity index (χ1v) is 11.1. The molecular weight excluding hydrogens is 453 g/mol. The number of alkyl halides is 3. The lowest BCUT2D eigenvalue weighted by molar-refractivity contribution is -0.139. The number of carboxylic acid groups (broad SMARTS) is 1. The van der Waals surface area contributed by atoms with E-state index in [-0.39, 0.29) is 0 Å². The molecule has 0 aliphatic carbocycles. The quantitative estimate of drug-likeness (QED) is 0.272. The third kappa shape index (κ3) is 7.27. The highest BCUT2D eigenvalue weighted by atomic mass is 32.2. The summed E-state index contributed by atoms with van der Waals surface area (Å²) in [6.07, 6.45) is -4.87. The SMILES string of the molecule is Cc1cc(SCCOC(c2ccccc2)c2ccc(C(F)(F)F)cc2)ccc1OCC(=O)O. The molecule has 3 aromatic carbocycles. The van der Waals surface area contributed by atoms with Crippen molar-refractivity contribution in [3.8, 4) is 5.75 Å². The van der Waals surface area contributed by atoms with Crippen LogP contribution in [-0.2, 0) is 15.7 Å². The van der Waals surface area contributed by atoms with Crippen LogP contribution in [0.3, 0.4) is 0 Å². The number of aryl methyl sites for hydroxylation is 1. The van der Waals surface area contributed by atoms with Crippen LogP contribution in [0.15, 0.2) is 77.7 Å². The first-order chi connectivity index (χ1) is 15.7. The largest absolute Gasteiger partial charge is 0.482 e. The van der Waals surface area contributed by atoms with Gasteiger partial charge in [-0.3, -0.25) is 0 Å². The molecule has 4 nitrogen and oxygen atoms in total. The van der Waals surface area contributed by atoms with E-state index in [0.29, 0.717) is 23.7 Å². The van der Waals surface area contributed by atoms with Crippen molar-refractivity contribution in [1.82, 2.24) is 0 Å². The zero-order chi connectivity index (χ0) is 23.8. The summed E-state index contributed by atoms with van der Waals surface area (Å²) in [4.78, 5) is 11.6. The molecule has 0 radical (unpaired) electrons. The molecule has 0 amide bonds. The summed E-state index contributed by atoms with van der Waals surface area (Å²) in [5.41, 5.74) is 1.64. The zero-order valence-corrected chi connectivity index (χ0v) is 18.7. The molecule has 1 atom stereocenters. The fraction of sp³-hybridized carbons (Fsp3) is 0.240. The van der Waals surface area contributed by atoms with E-state index in [2.05, 4.69) is 0 Å². The number of carbonyl (C=O) groups is 1. The molecule has 0 heterocycles. The third-order valence-corrected chi connectivity index (χ3v) is 5.74. The van der Waals surface area contributed by atoms with E-state index in [0.717, 1.165) is 28.2 Å². The van der Waals surface area contributed by atoms with Crippen LogP contribution in [-0.4, -0.2) is 30.0 Å². The minimum atomic E-state index is -4.38. The van der Waals surface area contributed by atoms with Crippen molar-refractivity contribution >= 4 is 17.7 Å². The van der Waals surface area contributed by atoms with Crippen molar-refractivity contribution in [2.24, 2.45) is 0 Å². The monoisotopic (exact) mass is 476 g/mol. The molecule has 0 spiro atoms. The van der Waals surface area contributed by atoms with Gasteiger partial charge < -0.3 is 14.6 Å². The summed E-state index contributed by atoms with van der Waals surface area (Å²) in [6, 6.07) is 19.9. The highest BCUT2D eigenvalue weighted by Crippen LogP contribution is 2.32. The predicted molar refractivity (Wildman–Crippen MR) is 121 cm³/mol. The molecular formula is C25H23F3O4S. The van der Waals surface area contributed by atoms with Gasteiger partial charge in [0.15, 0.2) is 6.61 Å². The molecule has 0 aliphatic heterocycles. The molecule has 174 valence electrons. The molecule has 0 aromatic heterocycles. The molecule has 1 N–H and O–H groups in total. The van der Waals surface area contributed by atoms with E-state index < -0.39 is 30.4 Å². The van der Waals surface area contributed by atoms with Crippen molar-refractivity contribution in [2.45, 2.75) is 24.1 Å². The van der Waals surface area contributed by atoms with Crippen LogP contribution < -0.4 is 4.74 Å². The number of rotatable bonds is 10. The van der Waals surface area contributed by atoms with Crippen LogP contribution in [0.1, 0.15) is 28.4 Å². The fourth-order valence-corrected chi connectivity index (χ4v) is 4.04. The molecule has 3 rings (SSSR count). The average Bonchev–Trinajstić information content (AvgIpc) is 2.78. The molecule has 3 aromatic rings. The maximum Gasteiger partial charge on any atom is 0.416 e. The van der Waals surface area contributed by atoms with Gasteiger partial charge in [0, 0.05) is 10.6 Å². The second-order valence-electron chi connectivity index (χ2n) is 7.24. The Labute approximate surface area is 194 Å². The van der Waals surface area contributed by atoms with Crippen molar-refractivity contribution in [3.63, 3.8) is 0 Å². The van der Waals surface area contributed by atoms with Gasteiger partial charge in [-0.15, -0.1) is 11.8 Å².